The van der Waals surface area contributed by atoms with E-state index in [0.29, 0.717) is 11.8 Å². The molecule has 3 nitrogen and oxygen atoms in total. The molecule has 0 aliphatic heterocycles. The van der Waals surface area contributed by atoms with E-state index in [0.717, 1.165) is 31.5 Å². The predicted octanol–water partition coefficient (Wildman–Crippen LogP) is 3.76. The van der Waals surface area contributed by atoms with Crippen LogP contribution in [0.4, 0.5) is 5.82 Å². The van der Waals surface area contributed by atoms with Gasteiger partial charge >= 0.3 is 0 Å². The minimum absolute atomic E-state index is 0.654. The molecule has 3 heteroatoms. The van der Waals surface area contributed by atoms with Gasteiger partial charge in [0, 0.05) is 31.9 Å². The lowest BCUT2D eigenvalue weighted by Gasteiger charge is -2.29. The zero-order valence-electron chi connectivity index (χ0n) is 14.3. The molecule has 1 aliphatic carbocycles. The maximum absolute atomic E-state index is 4.77. The Hall–Kier alpha value is -1.09. The van der Waals surface area contributed by atoms with Crippen LogP contribution in [0.1, 0.15) is 51.7 Å². The zero-order chi connectivity index (χ0) is 15.4. The minimum Gasteiger partial charge on any atom is -0.356 e. The zero-order valence-corrected chi connectivity index (χ0v) is 14.3. The summed E-state index contributed by atoms with van der Waals surface area (Å²) in [4.78, 5) is 7.22. The number of aryl methyl sites for hydroxylation is 1. The highest BCUT2D eigenvalue weighted by molar-refractivity contribution is 5.47. The van der Waals surface area contributed by atoms with E-state index >= 15 is 0 Å². The highest BCUT2D eigenvalue weighted by Crippen LogP contribution is 2.22. The van der Waals surface area contributed by atoms with Crippen LogP contribution in [-0.4, -0.2) is 24.1 Å². The van der Waals surface area contributed by atoms with E-state index in [-0.39, 0.29) is 0 Å². The molecule has 21 heavy (non-hydrogen) atoms. The van der Waals surface area contributed by atoms with Crippen LogP contribution in [0.2, 0.25) is 0 Å². The van der Waals surface area contributed by atoms with Gasteiger partial charge in [0.1, 0.15) is 5.82 Å². The van der Waals surface area contributed by atoms with Crippen molar-refractivity contribution in [3.05, 3.63) is 23.4 Å². The molecule has 1 aromatic heterocycles. The summed E-state index contributed by atoms with van der Waals surface area (Å²) >= 11 is 0. The summed E-state index contributed by atoms with van der Waals surface area (Å²) in [6.45, 7) is 14.4. The van der Waals surface area contributed by atoms with Crippen LogP contribution in [0.5, 0.6) is 0 Å². The second-order valence-electron chi connectivity index (χ2n) is 7.33. The predicted molar refractivity (Wildman–Crippen MR) is 90.7 cm³/mol. The van der Waals surface area contributed by atoms with Gasteiger partial charge in [-0.05, 0) is 48.8 Å². The maximum Gasteiger partial charge on any atom is 0.131 e. The summed E-state index contributed by atoms with van der Waals surface area (Å²) < 4.78 is 0. The molecule has 1 N–H and O–H groups in total. The van der Waals surface area contributed by atoms with E-state index in [4.69, 9.17) is 4.98 Å². The van der Waals surface area contributed by atoms with Crippen LogP contribution in [0.3, 0.4) is 0 Å². The Morgan fingerprint density at radius 2 is 1.81 bits per heavy atom. The first-order chi connectivity index (χ1) is 9.95. The van der Waals surface area contributed by atoms with Crippen LogP contribution in [0, 0.1) is 18.8 Å². The first-order valence-corrected chi connectivity index (χ1v) is 8.39. The first kappa shape index (κ1) is 16.3. The van der Waals surface area contributed by atoms with Crippen LogP contribution < -0.4 is 10.2 Å². The number of nitrogens with zero attached hydrogens (tertiary/aromatic N) is 2. The molecule has 0 atom stereocenters. The monoisotopic (exact) mass is 289 g/mol. The van der Waals surface area contributed by atoms with E-state index in [1.165, 1.54) is 24.0 Å². The topological polar surface area (TPSA) is 28.2 Å². The van der Waals surface area contributed by atoms with E-state index in [1.807, 2.05) is 6.20 Å². The fraction of sp³-hybridized carbons (Fsp3) is 0.722. The summed E-state index contributed by atoms with van der Waals surface area (Å²) in [7, 11) is 0. The van der Waals surface area contributed by atoms with E-state index in [1.54, 1.807) is 0 Å². The van der Waals surface area contributed by atoms with Gasteiger partial charge in [0.15, 0.2) is 0 Å². The molecular weight excluding hydrogens is 258 g/mol. The summed E-state index contributed by atoms with van der Waals surface area (Å²) in [5.74, 6) is 2.47. The molecule has 0 bridgehead atoms. The van der Waals surface area contributed by atoms with Crippen molar-refractivity contribution in [2.45, 2.75) is 60.0 Å². The summed E-state index contributed by atoms with van der Waals surface area (Å²) in [6.07, 6.45) is 4.72. The second-order valence-corrected chi connectivity index (χ2v) is 7.33. The van der Waals surface area contributed by atoms with Gasteiger partial charge in [0.05, 0.1) is 0 Å². The Kier molecular flexibility index (Phi) is 5.63. The molecule has 0 unspecified atom stereocenters. The molecule has 0 spiro atoms. The Morgan fingerprint density at radius 3 is 2.29 bits per heavy atom. The Balaban J connectivity index is 2.07. The van der Waals surface area contributed by atoms with Crippen molar-refractivity contribution >= 4 is 5.82 Å². The summed E-state index contributed by atoms with van der Waals surface area (Å²) in [5, 5.41) is 3.56. The maximum atomic E-state index is 4.77. The second kappa shape index (κ2) is 7.26. The van der Waals surface area contributed by atoms with Gasteiger partial charge in [-0.15, -0.1) is 0 Å². The minimum atomic E-state index is 0.654. The van der Waals surface area contributed by atoms with Crippen molar-refractivity contribution in [2.75, 3.05) is 18.0 Å². The average Bonchev–Trinajstić information content (AvgIpc) is 3.18. The van der Waals surface area contributed by atoms with Gasteiger partial charge in [-0.1, -0.05) is 27.7 Å². The van der Waals surface area contributed by atoms with Crippen molar-refractivity contribution < 1.29 is 0 Å². The van der Waals surface area contributed by atoms with E-state index < -0.39 is 0 Å². The number of hydrogen-bond acceptors (Lipinski definition) is 3. The lowest BCUT2D eigenvalue weighted by atomic mass is 10.1. The smallest absolute Gasteiger partial charge is 0.131 e. The van der Waals surface area contributed by atoms with Crippen molar-refractivity contribution in [3.8, 4) is 0 Å². The lowest BCUT2D eigenvalue weighted by Crippen LogP contribution is -2.32. The highest BCUT2D eigenvalue weighted by atomic mass is 15.2. The van der Waals surface area contributed by atoms with Crippen molar-refractivity contribution in [1.82, 2.24) is 10.3 Å². The largest absolute Gasteiger partial charge is 0.356 e. The van der Waals surface area contributed by atoms with Gasteiger partial charge in [-0.3, -0.25) is 0 Å². The van der Waals surface area contributed by atoms with Crippen LogP contribution >= 0.6 is 0 Å². The van der Waals surface area contributed by atoms with Crippen LogP contribution in [0.25, 0.3) is 0 Å². The molecule has 0 saturated heterocycles. The molecule has 1 aliphatic rings. The number of hydrogen-bond donors (Lipinski definition) is 1. The van der Waals surface area contributed by atoms with Crippen molar-refractivity contribution in [3.63, 3.8) is 0 Å². The molecule has 0 aromatic carbocycles. The van der Waals surface area contributed by atoms with Crippen molar-refractivity contribution in [2.24, 2.45) is 11.8 Å². The molecule has 1 aromatic rings. The van der Waals surface area contributed by atoms with Gasteiger partial charge in [0.25, 0.3) is 0 Å². The Morgan fingerprint density at radius 1 is 1.19 bits per heavy atom. The fourth-order valence-electron chi connectivity index (χ4n) is 2.73. The van der Waals surface area contributed by atoms with Gasteiger partial charge < -0.3 is 10.2 Å². The third-order valence-corrected chi connectivity index (χ3v) is 3.75. The molecule has 0 amide bonds. The fourth-order valence-corrected chi connectivity index (χ4v) is 2.73. The third kappa shape index (κ3) is 5.31. The molecule has 0 radical (unpaired) electrons. The van der Waals surface area contributed by atoms with Crippen LogP contribution in [-0.2, 0) is 6.54 Å². The third-order valence-electron chi connectivity index (χ3n) is 3.75. The molecule has 118 valence electrons. The standard InChI is InChI=1S/C18H31N3/c1-13(2)11-21(12-14(3)4)18-15(5)8-16(10-20-18)9-19-17-6-7-17/h8,10,13-14,17,19H,6-7,9,11-12H2,1-5H3. The van der Waals surface area contributed by atoms with Gasteiger partial charge in [-0.2, -0.15) is 0 Å². The molecule has 2 rings (SSSR count). The Labute approximate surface area is 130 Å². The normalized spacial score (nSPS) is 15.0. The first-order valence-electron chi connectivity index (χ1n) is 8.39. The Bertz CT molecular complexity index is 440. The number of rotatable bonds is 8. The number of pyridine rings is 1. The SMILES string of the molecule is Cc1cc(CNC2CC2)cnc1N(CC(C)C)CC(C)C. The van der Waals surface area contributed by atoms with Gasteiger partial charge in [0.2, 0.25) is 0 Å². The number of anilines is 1. The van der Waals surface area contributed by atoms with E-state index in [2.05, 4.69) is 50.9 Å². The quantitative estimate of drug-likeness (QED) is 0.790. The van der Waals surface area contributed by atoms with Crippen LogP contribution in [0.15, 0.2) is 12.3 Å². The molecular formula is C18H31N3. The summed E-state index contributed by atoms with van der Waals surface area (Å²) in [6, 6.07) is 3.05. The lowest BCUT2D eigenvalue weighted by molar-refractivity contribution is 0.547. The number of nitrogens with one attached hydrogen (secondary N) is 1. The highest BCUT2D eigenvalue weighted by Gasteiger charge is 2.20. The van der Waals surface area contributed by atoms with Gasteiger partial charge in [-0.25, -0.2) is 4.98 Å². The van der Waals surface area contributed by atoms with Crippen molar-refractivity contribution in [1.29, 1.82) is 0 Å². The molecule has 1 heterocycles. The van der Waals surface area contributed by atoms with E-state index in [9.17, 15) is 0 Å². The number of aromatic nitrogens is 1. The molecule has 1 saturated carbocycles. The average molecular weight is 289 g/mol. The molecule has 1 fully saturated rings. The summed E-state index contributed by atoms with van der Waals surface area (Å²) in [5.41, 5.74) is 2.60.